The van der Waals surface area contributed by atoms with E-state index in [1.54, 1.807) is 0 Å². The Hall–Kier alpha value is -1.40. The summed E-state index contributed by atoms with van der Waals surface area (Å²) in [7, 11) is 0. The number of aromatic nitrogens is 2. The van der Waals surface area contributed by atoms with Gasteiger partial charge in [0.1, 0.15) is 0 Å². The lowest BCUT2D eigenvalue weighted by molar-refractivity contribution is 0.0496. The maximum absolute atomic E-state index is 12.9. The molecule has 132 valence electrons. The SMILES string of the molecule is CC1CCC(N2CCN(C(=O)c3n[nH]c4c3CNCC4)CC2)CC1. The minimum Gasteiger partial charge on any atom is -0.335 e. The van der Waals surface area contributed by atoms with Crippen LogP contribution in [0.25, 0.3) is 0 Å². The summed E-state index contributed by atoms with van der Waals surface area (Å²) in [6, 6.07) is 0.737. The minimum absolute atomic E-state index is 0.105. The van der Waals surface area contributed by atoms with Gasteiger partial charge in [-0.2, -0.15) is 5.10 Å². The van der Waals surface area contributed by atoms with Gasteiger partial charge >= 0.3 is 0 Å². The van der Waals surface area contributed by atoms with Crippen LogP contribution in [0.4, 0.5) is 0 Å². The molecule has 4 rings (SSSR count). The average molecular weight is 331 g/mol. The van der Waals surface area contributed by atoms with Crippen LogP contribution in [0.3, 0.4) is 0 Å². The molecule has 0 bridgehead atoms. The summed E-state index contributed by atoms with van der Waals surface area (Å²) < 4.78 is 0. The molecule has 0 spiro atoms. The highest BCUT2D eigenvalue weighted by atomic mass is 16.2. The lowest BCUT2D eigenvalue weighted by Crippen LogP contribution is -2.52. The Morgan fingerprint density at radius 1 is 1.12 bits per heavy atom. The molecule has 1 aromatic rings. The van der Waals surface area contributed by atoms with Gasteiger partial charge in [0, 0.05) is 63.0 Å². The number of nitrogens with one attached hydrogen (secondary N) is 2. The van der Waals surface area contributed by atoms with Crippen LogP contribution in [-0.4, -0.2) is 64.7 Å². The van der Waals surface area contributed by atoms with Crippen LogP contribution in [0.5, 0.6) is 0 Å². The molecule has 3 aliphatic rings. The molecule has 1 aromatic heterocycles. The van der Waals surface area contributed by atoms with E-state index in [1.165, 1.54) is 25.7 Å². The van der Waals surface area contributed by atoms with Gasteiger partial charge in [0.2, 0.25) is 0 Å². The molecule has 24 heavy (non-hydrogen) atoms. The van der Waals surface area contributed by atoms with Crippen molar-refractivity contribution in [3.8, 4) is 0 Å². The highest BCUT2D eigenvalue weighted by molar-refractivity contribution is 5.94. The van der Waals surface area contributed by atoms with Crippen molar-refractivity contribution >= 4 is 5.91 Å². The largest absolute Gasteiger partial charge is 0.335 e. The maximum Gasteiger partial charge on any atom is 0.274 e. The van der Waals surface area contributed by atoms with E-state index in [0.717, 1.165) is 68.9 Å². The van der Waals surface area contributed by atoms with Crippen molar-refractivity contribution in [1.82, 2.24) is 25.3 Å². The van der Waals surface area contributed by atoms with Gasteiger partial charge < -0.3 is 10.2 Å². The van der Waals surface area contributed by atoms with Crippen molar-refractivity contribution in [2.45, 2.75) is 51.6 Å². The summed E-state index contributed by atoms with van der Waals surface area (Å²) in [6.45, 7) is 7.77. The third-order valence-corrected chi connectivity index (χ3v) is 6.11. The van der Waals surface area contributed by atoms with Gasteiger partial charge in [-0.15, -0.1) is 0 Å². The highest BCUT2D eigenvalue weighted by Gasteiger charge is 2.31. The van der Waals surface area contributed by atoms with Crippen molar-refractivity contribution in [3.63, 3.8) is 0 Å². The van der Waals surface area contributed by atoms with E-state index >= 15 is 0 Å². The summed E-state index contributed by atoms with van der Waals surface area (Å²) >= 11 is 0. The fourth-order valence-corrected chi connectivity index (χ4v) is 4.45. The third-order valence-electron chi connectivity index (χ3n) is 6.11. The van der Waals surface area contributed by atoms with Gasteiger partial charge in [-0.05, 0) is 31.6 Å². The number of piperazine rings is 1. The Labute approximate surface area is 144 Å². The quantitative estimate of drug-likeness (QED) is 0.860. The Balaban J connectivity index is 1.35. The number of nitrogens with zero attached hydrogens (tertiary/aromatic N) is 3. The summed E-state index contributed by atoms with van der Waals surface area (Å²) in [4.78, 5) is 17.5. The highest BCUT2D eigenvalue weighted by Crippen LogP contribution is 2.28. The molecule has 0 radical (unpaired) electrons. The number of carbonyl (C=O) groups is 1. The predicted octanol–water partition coefficient (Wildman–Crippen LogP) is 1.39. The minimum atomic E-state index is 0.105. The summed E-state index contributed by atoms with van der Waals surface area (Å²) in [6.07, 6.45) is 6.30. The number of hydrogen-bond donors (Lipinski definition) is 2. The van der Waals surface area contributed by atoms with Crippen molar-refractivity contribution in [2.75, 3.05) is 32.7 Å². The Morgan fingerprint density at radius 2 is 1.88 bits per heavy atom. The second-order valence-corrected chi connectivity index (χ2v) is 7.70. The number of amides is 1. The van der Waals surface area contributed by atoms with Crippen molar-refractivity contribution < 1.29 is 4.79 Å². The van der Waals surface area contributed by atoms with Crippen molar-refractivity contribution in [2.24, 2.45) is 5.92 Å². The van der Waals surface area contributed by atoms with Gasteiger partial charge in [-0.25, -0.2) is 0 Å². The summed E-state index contributed by atoms with van der Waals surface area (Å²) in [5.41, 5.74) is 2.85. The monoisotopic (exact) mass is 331 g/mol. The molecule has 0 aromatic carbocycles. The third kappa shape index (κ3) is 3.09. The van der Waals surface area contributed by atoms with Crippen LogP contribution in [0, 0.1) is 5.92 Å². The van der Waals surface area contributed by atoms with E-state index in [1.807, 2.05) is 4.90 Å². The average Bonchev–Trinajstić information content (AvgIpc) is 3.06. The van der Waals surface area contributed by atoms with Crippen LogP contribution in [0.1, 0.15) is 54.4 Å². The summed E-state index contributed by atoms with van der Waals surface area (Å²) in [5.74, 6) is 0.997. The zero-order chi connectivity index (χ0) is 16.5. The first kappa shape index (κ1) is 16.1. The molecule has 1 amide bonds. The van der Waals surface area contributed by atoms with Crippen LogP contribution >= 0.6 is 0 Å². The van der Waals surface area contributed by atoms with E-state index in [-0.39, 0.29) is 5.91 Å². The lowest BCUT2D eigenvalue weighted by Gasteiger charge is -2.41. The van der Waals surface area contributed by atoms with Gasteiger partial charge in [0.15, 0.2) is 5.69 Å². The van der Waals surface area contributed by atoms with Crippen molar-refractivity contribution in [3.05, 3.63) is 17.0 Å². The first-order chi connectivity index (χ1) is 11.7. The second-order valence-electron chi connectivity index (χ2n) is 7.70. The first-order valence-electron chi connectivity index (χ1n) is 9.52. The molecule has 0 atom stereocenters. The molecule has 2 N–H and O–H groups in total. The molecule has 1 aliphatic carbocycles. The molecule has 1 saturated heterocycles. The van der Waals surface area contributed by atoms with E-state index in [2.05, 4.69) is 27.3 Å². The van der Waals surface area contributed by atoms with Crippen LogP contribution in [0.2, 0.25) is 0 Å². The van der Waals surface area contributed by atoms with E-state index in [0.29, 0.717) is 5.69 Å². The van der Waals surface area contributed by atoms with E-state index < -0.39 is 0 Å². The first-order valence-corrected chi connectivity index (χ1v) is 9.52. The standard InChI is InChI=1S/C18H29N5O/c1-13-2-4-14(5-3-13)22-8-10-23(11-9-22)18(24)17-15-12-19-7-6-16(15)20-21-17/h13-14,19H,2-12H2,1H3,(H,20,21). The van der Waals surface area contributed by atoms with Gasteiger partial charge in [0.25, 0.3) is 5.91 Å². The second kappa shape index (κ2) is 6.84. The molecule has 2 aliphatic heterocycles. The fourth-order valence-electron chi connectivity index (χ4n) is 4.45. The van der Waals surface area contributed by atoms with Gasteiger partial charge in [-0.1, -0.05) is 6.92 Å². The normalized spacial score (nSPS) is 28.6. The molecule has 1 saturated carbocycles. The molecule has 0 unspecified atom stereocenters. The van der Waals surface area contributed by atoms with Crippen molar-refractivity contribution in [1.29, 1.82) is 0 Å². The molecular formula is C18H29N5O. The smallest absolute Gasteiger partial charge is 0.274 e. The number of hydrogen-bond acceptors (Lipinski definition) is 4. The molecule has 6 nitrogen and oxygen atoms in total. The Morgan fingerprint density at radius 3 is 2.62 bits per heavy atom. The van der Waals surface area contributed by atoms with Gasteiger partial charge in [0.05, 0.1) is 0 Å². The van der Waals surface area contributed by atoms with E-state index in [4.69, 9.17) is 0 Å². The topological polar surface area (TPSA) is 64.3 Å². The fraction of sp³-hybridized carbons (Fsp3) is 0.778. The van der Waals surface area contributed by atoms with Crippen LogP contribution in [-0.2, 0) is 13.0 Å². The maximum atomic E-state index is 12.9. The predicted molar refractivity (Wildman–Crippen MR) is 92.9 cm³/mol. The van der Waals surface area contributed by atoms with E-state index in [9.17, 15) is 4.79 Å². The Kier molecular flexibility index (Phi) is 4.59. The van der Waals surface area contributed by atoms with Crippen LogP contribution in [0.15, 0.2) is 0 Å². The molecular weight excluding hydrogens is 302 g/mol. The zero-order valence-corrected chi connectivity index (χ0v) is 14.7. The van der Waals surface area contributed by atoms with Gasteiger partial charge in [-0.3, -0.25) is 14.8 Å². The molecule has 3 heterocycles. The summed E-state index contributed by atoms with van der Waals surface area (Å²) in [5, 5.41) is 10.7. The number of aromatic amines is 1. The number of fused-ring (bicyclic) bond motifs is 1. The number of H-pyrrole nitrogens is 1. The molecule has 6 heteroatoms. The number of rotatable bonds is 2. The zero-order valence-electron chi connectivity index (χ0n) is 14.7. The number of carbonyl (C=O) groups excluding carboxylic acids is 1. The lowest BCUT2D eigenvalue weighted by atomic mass is 9.86. The van der Waals surface area contributed by atoms with Crippen LogP contribution < -0.4 is 5.32 Å². The Bertz CT molecular complexity index is 582. The molecule has 2 fully saturated rings.